The number of piperazine rings is 1. The Balaban J connectivity index is 1.86. The Bertz CT molecular complexity index is 436. The molecule has 0 bridgehead atoms. The lowest BCUT2D eigenvalue weighted by atomic mass is 10.0. The van der Waals surface area contributed by atoms with Gasteiger partial charge in [-0.2, -0.15) is 0 Å². The first-order chi connectivity index (χ1) is 9.54. The second kappa shape index (κ2) is 6.86. The quantitative estimate of drug-likeness (QED) is 0.889. The molecule has 1 N–H and O–H groups in total. The number of aliphatic carboxylic acids is 1. The van der Waals surface area contributed by atoms with Gasteiger partial charge in [-0.15, -0.1) is 0 Å². The van der Waals surface area contributed by atoms with E-state index < -0.39 is 5.97 Å². The van der Waals surface area contributed by atoms with E-state index in [1.807, 2.05) is 0 Å². The molecule has 1 unspecified atom stereocenters. The Kier molecular flexibility index (Phi) is 5.15. The van der Waals surface area contributed by atoms with Crippen LogP contribution in [0.5, 0.6) is 0 Å². The van der Waals surface area contributed by atoms with Crippen molar-refractivity contribution < 1.29 is 9.90 Å². The first-order valence-corrected chi connectivity index (χ1v) is 7.26. The summed E-state index contributed by atoms with van der Waals surface area (Å²) in [7, 11) is 2.16. The average Bonchev–Trinajstić information content (AvgIpc) is 2.43. The van der Waals surface area contributed by atoms with E-state index in [9.17, 15) is 4.79 Å². The summed E-state index contributed by atoms with van der Waals surface area (Å²) in [5.74, 6) is -1.05. The van der Waals surface area contributed by atoms with Crippen LogP contribution in [0.25, 0.3) is 0 Å². The highest BCUT2D eigenvalue weighted by Gasteiger charge is 2.14. The molecule has 0 spiro atoms. The molecule has 1 aliphatic heterocycles. The Morgan fingerprint density at radius 1 is 1.15 bits per heavy atom. The minimum Gasteiger partial charge on any atom is -0.481 e. The van der Waals surface area contributed by atoms with Crippen LogP contribution in [0.1, 0.15) is 18.1 Å². The molecule has 4 nitrogen and oxygen atoms in total. The number of hydrogen-bond donors (Lipinski definition) is 1. The lowest BCUT2D eigenvalue weighted by Crippen LogP contribution is -2.43. The lowest BCUT2D eigenvalue weighted by molar-refractivity contribution is -0.141. The molecule has 1 saturated heterocycles. The highest BCUT2D eigenvalue weighted by molar-refractivity contribution is 5.69. The third-order valence-corrected chi connectivity index (χ3v) is 3.99. The van der Waals surface area contributed by atoms with Gasteiger partial charge in [0.15, 0.2) is 0 Å². The van der Waals surface area contributed by atoms with Gasteiger partial charge in [0.05, 0.1) is 5.92 Å². The van der Waals surface area contributed by atoms with Crippen LogP contribution in [0.4, 0.5) is 0 Å². The first kappa shape index (κ1) is 15.0. The Morgan fingerprint density at radius 3 is 2.25 bits per heavy atom. The molecule has 1 aromatic rings. The highest BCUT2D eigenvalue weighted by Crippen LogP contribution is 2.13. The maximum Gasteiger partial charge on any atom is 0.306 e. The van der Waals surface area contributed by atoms with Crippen molar-refractivity contribution in [3.05, 3.63) is 35.4 Å². The Labute approximate surface area is 121 Å². The zero-order valence-electron chi connectivity index (χ0n) is 12.4. The van der Waals surface area contributed by atoms with E-state index in [1.165, 1.54) is 5.56 Å². The summed E-state index contributed by atoms with van der Waals surface area (Å²) in [6, 6.07) is 8.38. The fourth-order valence-electron chi connectivity index (χ4n) is 2.49. The molecule has 0 aliphatic carbocycles. The molecule has 2 rings (SSSR count). The number of rotatable bonds is 5. The van der Waals surface area contributed by atoms with Gasteiger partial charge < -0.3 is 10.0 Å². The van der Waals surface area contributed by atoms with Gasteiger partial charge in [-0.3, -0.25) is 9.69 Å². The number of benzene rings is 1. The van der Waals surface area contributed by atoms with Gasteiger partial charge in [-0.05, 0) is 24.6 Å². The van der Waals surface area contributed by atoms with Gasteiger partial charge in [-0.1, -0.05) is 31.2 Å². The van der Waals surface area contributed by atoms with Gasteiger partial charge in [-0.25, -0.2) is 0 Å². The molecule has 0 aromatic heterocycles. The predicted molar refractivity (Wildman–Crippen MR) is 79.7 cm³/mol. The fourth-order valence-corrected chi connectivity index (χ4v) is 2.49. The zero-order chi connectivity index (χ0) is 14.5. The number of nitrogens with zero attached hydrogens (tertiary/aromatic N) is 2. The van der Waals surface area contributed by atoms with E-state index >= 15 is 0 Å². The second-order valence-corrected chi connectivity index (χ2v) is 5.84. The molecule has 0 saturated carbocycles. The van der Waals surface area contributed by atoms with Gasteiger partial charge in [0.1, 0.15) is 0 Å². The molecule has 110 valence electrons. The van der Waals surface area contributed by atoms with Crippen LogP contribution in [-0.4, -0.2) is 54.1 Å². The van der Waals surface area contributed by atoms with Gasteiger partial charge >= 0.3 is 5.97 Å². The average molecular weight is 276 g/mol. The summed E-state index contributed by atoms with van der Waals surface area (Å²) >= 11 is 0. The molecule has 1 atom stereocenters. The minimum atomic E-state index is -0.730. The SMILES string of the molecule is CC(Cc1ccc(CN2CCN(C)CC2)cc1)C(=O)O. The standard InChI is InChI=1S/C16H24N2O2/c1-13(16(19)20)11-14-3-5-15(6-4-14)12-18-9-7-17(2)8-10-18/h3-6,13H,7-12H2,1-2H3,(H,19,20). The normalized spacial score (nSPS) is 18.9. The maximum absolute atomic E-state index is 10.8. The van der Waals surface area contributed by atoms with Crippen molar-refractivity contribution in [2.24, 2.45) is 5.92 Å². The molecular formula is C16H24N2O2. The molecule has 0 amide bonds. The molecule has 0 radical (unpaired) electrons. The van der Waals surface area contributed by atoms with Crippen LogP contribution in [0.15, 0.2) is 24.3 Å². The van der Waals surface area contributed by atoms with Crippen molar-refractivity contribution in [1.29, 1.82) is 0 Å². The van der Waals surface area contributed by atoms with Crippen molar-refractivity contribution in [2.45, 2.75) is 19.9 Å². The van der Waals surface area contributed by atoms with E-state index in [1.54, 1.807) is 6.92 Å². The second-order valence-electron chi connectivity index (χ2n) is 5.84. The van der Waals surface area contributed by atoms with Gasteiger partial charge in [0, 0.05) is 32.7 Å². The molecular weight excluding hydrogens is 252 g/mol. The van der Waals surface area contributed by atoms with Crippen molar-refractivity contribution in [3.63, 3.8) is 0 Å². The van der Waals surface area contributed by atoms with E-state index in [4.69, 9.17) is 5.11 Å². The van der Waals surface area contributed by atoms with E-state index in [0.29, 0.717) is 6.42 Å². The van der Waals surface area contributed by atoms with Crippen LogP contribution in [0, 0.1) is 5.92 Å². The highest BCUT2D eigenvalue weighted by atomic mass is 16.4. The molecule has 1 aromatic carbocycles. The third-order valence-electron chi connectivity index (χ3n) is 3.99. The van der Waals surface area contributed by atoms with E-state index in [0.717, 1.165) is 38.3 Å². The molecule has 1 aliphatic rings. The van der Waals surface area contributed by atoms with Crippen LogP contribution >= 0.6 is 0 Å². The summed E-state index contributed by atoms with van der Waals surface area (Å²) in [6.45, 7) is 7.24. The largest absolute Gasteiger partial charge is 0.481 e. The van der Waals surface area contributed by atoms with Gasteiger partial charge in [0.2, 0.25) is 0 Å². The smallest absolute Gasteiger partial charge is 0.306 e. The fraction of sp³-hybridized carbons (Fsp3) is 0.562. The monoisotopic (exact) mass is 276 g/mol. The predicted octanol–water partition coefficient (Wildman–Crippen LogP) is 1.70. The summed E-state index contributed by atoms with van der Waals surface area (Å²) in [5, 5.41) is 8.93. The minimum absolute atomic E-state index is 0.321. The van der Waals surface area contributed by atoms with Gasteiger partial charge in [0.25, 0.3) is 0 Å². The van der Waals surface area contributed by atoms with Crippen molar-refractivity contribution in [2.75, 3.05) is 33.2 Å². The number of carboxylic acid groups (broad SMARTS) is 1. The van der Waals surface area contributed by atoms with Crippen LogP contribution < -0.4 is 0 Å². The topological polar surface area (TPSA) is 43.8 Å². The van der Waals surface area contributed by atoms with Crippen molar-refractivity contribution >= 4 is 5.97 Å². The van der Waals surface area contributed by atoms with Crippen LogP contribution in [0.3, 0.4) is 0 Å². The Morgan fingerprint density at radius 2 is 1.70 bits per heavy atom. The van der Waals surface area contributed by atoms with Crippen molar-refractivity contribution in [3.8, 4) is 0 Å². The van der Waals surface area contributed by atoms with E-state index in [2.05, 4.69) is 41.1 Å². The molecule has 20 heavy (non-hydrogen) atoms. The summed E-state index contributed by atoms with van der Waals surface area (Å²) in [5.41, 5.74) is 2.41. The first-order valence-electron chi connectivity index (χ1n) is 7.26. The number of carboxylic acids is 1. The lowest BCUT2D eigenvalue weighted by Gasteiger charge is -2.32. The number of likely N-dealkylation sites (N-methyl/N-ethyl adjacent to an activating group) is 1. The maximum atomic E-state index is 10.8. The zero-order valence-corrected chi connectivity index (χ0v) is 12.4. The Hall–Kier alpha value is -1.39. The summed E-state index contributed by atoms with van der Waals surface area (Å²) < 4.78 is 0. The third kappa shape index (κ3) is 4.32. The van der Waals surface area contributed by atoms with Crippen LogP contribution in [-0.2, 0) is 17.8 Å². The molecule has 1 fully saturated rings. The number of carbonyl (C=O) groups is 1. The molecule has 1 heterocycles. The summed E-state index contributed by atoms with van der Waals surface area (Å²) in [4.78, 5) is 15.7. The molecule has 4 heteroatoms. The summed E-state index contributed by atoms with van der Waals surface area (Å²) in [6.07, 6.45) is 0.601. The van der Waals surface area contributed by atoms with E-state index in [-0.39, 0.29) is 5.92 Å². The van der Waals surface area contributed by atoms with Crippen molar-refractivity contribution in [1.82, 2.24) is 9.80 Å². The number of hydrogen-bond acceptors (Lipinski definition) is 3. The van der Waals surface area contributed by atoms with Crippen LogP contribution in [0.2, 0.25) is 0 Å².